The van der Waals surface area contributed by atoms with Crippen molar-refractivity contribution in [3.05, 3.63) is 18.2 Å². The van der Waals surface area contributed by atoms with Crippen LogP contribution in [0.3, 0.4) is 0 Å². The van der Waals surface area contributed by atoms with Crippen LogP contribution < -0.4 is 4.57 Å². The van der Waals surface area contributed by atoms with Crippen molar-refractivity contribution in [3.63, 3.8) is 0 Å². The van der Waals surface area contributed by atoms with E-state index in [1.54, 1.807) is 0 Å². The molecule has 0 atom stereocenters. The normalized spacial score (nSPS) is 11.4. The molecule has 0 spiro atoms. The molecule has 0 aliphatic heterocycles. The Bertz CT molecular complexity index is 528. The lowest BCUT2D eigenvalue weighted by molar-refractivity contribution is -0.702. The van der Waals surface area contributed by atoms with E-state index in [0.29, 0.717) is 0 Å². The lowest BCUT2D eigenvalue weighted by atomic mass is 10.1. The number of nitrogens with zero attached hydrogens (tertiary/aromatic N) is 2. The first-order chi connectivity index (χ1) is 11.9. The molecule has 0 saturated heterocycles. The van der Waals surface area contributed by atoms with E-state index in [1.165, 1.54) is 63.2 Å². The van der Waals surface area contributed by atoms with Crippen molar-refractivity contribution < 1.29 is 4.57 Å². The van der Waals surface area contributed by atoms with Gasteiger partial charge in [0.15, 0.2) is 6.54 Å². The first kappa shape index (κ1) is 22.0. The summed E-state index contributed by atoms with van der Waals surface area (Å²) in [5.74, 6) is 7.97. The van der Waals surface area contributed by atoms with E-state index in [4.69, 9.17) is 0 Å². The molecule has 0 N–H and O–H groups in total. The second-order valence-electron chi connectivity index (χ2n) is 8.56. The van der Waals surface area contributed by atoms with E-state index >= 15 is 0 Å². The zero-order valence-corrected chi connectivity index (χ0v) is 18.5. The molecule has 1 rings (SSSR count). The van der Waals surface area contributed by atoms with Gasteiger partial charge in [-0.1, -0.05) is 76.6 Å². The van der Waals surface area contributed by atoms with Crippen molar-refractivity contribution in [1.29, 1.82) is 0 Å². The minimum absolute atomic E-state index is 0.822. The van der Waals surface area contributed by atoms with E-state index in [1.807, 2.05) is 0 Å². The van der Waals surface area contributed by atoms with Gasteiger partial charge in [0.2, 0.25) is 0 Å². The van der Waals surface area contributed by atoms with E-state index in [9.17, 15) is 0 Å². The molecule has 0 amide bonds. The monoisotopic (exact) mass is 361 g/mol. The second-order valence-corrected chi connectivity index (χ2v) is 14.2. The fraction of sp³-hybridized carbons (Fsp3) is 0.773. The molecule has 0 aliphatic rings. The Morgan fingerprint density at radius 3 is 2.40 bits per heavy atom. The minimum Gasteiger partial charge on any atom is -0.234 e. The fourth-order valence-electron chi connectivity index (χ4n) is 3.11. The highest BCUT2D eigenvalue weighted by atomic mass is 28.3. The molecular formula is C22H41N2Si+. The third-order valence-electron chi connectivity index (χ3n) is 4.86. The fourth-order valence-corrected chi connectivity index (χ4v) is 4.42. The summed E-state index contributed by atoms with van der Waals surface area (Å²) in [6, 6.07) is 1.49. The molecule has 142 valence electrons. The maximum atomic E-state index is 3.32. The molecule has 0 radical (unpaired) electrons. The topological polar surface area (TPSA) is 8.81 Å². The van der Waals surface area contributed by atoms with Gasteiger partial charge >= 0.3 is 0 Å². The minimum atomic E-state index is -0.822. The van der Waals surface area contributed by atoms with Crippen LogP contribution in [0.15, 0.2) is 12.4 Å². The Labute approximate surface area is 158 Å². The first-order valence-corrected chi connectivity index (χ1v) is 14.2. The lowest BCUT2D eigenvalue weighted by Gasteiger charge is -2.14. The largest absolute Gasteiger partial charge is 0.254 e. The van der Waals surface area contributed by atoms with Gasteiger partial charge in [-0.3, -0.25) is 0 Å². The summed E-state index contributed by atoms with van der Waals surface area (Å²) in [4.78, 5) is 0. The highest BCUT2D eigenvalue weighted by Crippen LogP contribution is 2.15. The molecule has 0 aliphatic carbocycles. The van der Waals surface area contributed by atoms with Gasteiger partial charge in [-0.2, -0.15) is 0 Å². The Morgan fingerprint density at radius 1 is 0.960 bits per heavy atom. The van der Waals surface area contributed by atoms with E-state index < -0.39 is 8.07 Å². The predicted octanol–water partition coefficient (Wildman–Crippen LogP) is 5.96. The number of rotatable bonds is 12. The number of unbranched alkanes of at least 4 members (excludes halogenated alkanes) is 7. The van der Waals surface area contributed by atoms with Gasteiger partial charge in [0.05, 0.1) is 6.54 Å². The van der Waals surface area contributed by atoms with Crippen molar-refractivity contribution in [2.45, 2.75) is 110 Å². The molecule has 0 aromatic carbocycles. The predicted molar refractivity (Wildman–Crippen MR) is 113 cm³/mol. The van der Waals surface area contributed by atoms with Crippen molar-refractivity contribution in [2.24, 2.45) is 0 Å². The summed E-state index contributed by atoms with van der Waals surface area (Å²) in [7, 11) is -0.822. The zero-order chi connectivity index (χ0) is 18.5. The molecule has 1 aromatic heterocycles. The average molecular weight is 362 g/mol. The molecule has 0 bridgehead atoms. The van der Waals surface area contributed by atoms with E-state index in [0.717, 1.165) is 19.5 Å². The quantitative estimate of drug-likeness (QED) is 0.188. The molecule has 0 fully saturated rings. The average Bonchev–Trinajstić information content (AvgIpc) is 2.89. The van der Waals surface area contributed by atoms with Gasteiger partial charge in [0.1, 0.15) is 12.4 Å². The molecule has 3 heteroatoms. The molecule has 2 nitrogen and oxygen atoms in total. The van der Waals surface area contributed by atoms with Crippen LogP contribution in [0.25, 0.3) is 0 Å². The van der Waals surface area contributed by atoms with Gasteiger partial charge in [0.25, 0.3) is 5.82 Å². The number of aryl methyl sites for hydroxylation is 1. The highest BCUT2D eigenvalue weighted by molar-refractivity contribution is 6.76. The van der Waals surface area contributed by atoms with Gasteiger partial charge in [-0.15, -0.1) is 0 Å². The van der Waals surface area contributed by atoms with Crippen LogP contribution >= 0.6 is 0 Å². The molecule has 25 heavy (non-hydrogen) atoms. The van der Waals surface area contributed by atoms with Crippen LogP contribution in [-0.2, 0) is 13.1 Å². The standard InChI is InChI=1S/C22H41N2Si/c1-6-7-8-9-11-14-17-23-19-20-24(22(23)2)18-15-12-10-13-16-21-25(3,4)5/h19-20H,6-10,12-13,15-18,21H2,1-5H3/q+1. The molecule has 0 saturated carbocycles. The van der Waals surface area contributed by atoms with Crippen molar-refractivity contribution >= 4 is 8.07 Å². The number of imidazole rings is 1. The summed E-state index contributed by atoms with van der Waals surface area (Å²) < 4.78 is 4.67. The van der Waals surface area contributed by atoms with E-state index in [2.05, 4.69) is 66.9 Å². The molecular weight excluding hydrogens is 320 g/mol. The summed E-state index contributed by atoms with van der Waals surface area (Å²) in [6.45, 7) is 13.9. The van der Waals surface area contributed by atoms with Crippen LogP contribution in [0.1, 0.15) is 70.5 Å². The number of hydrogen-bond donors (Lipinski definition) is 0. The van der Waals surface area contributed by atoms with Gasteiger partial charge in [-0.25, -0.2) is 9.13 Å². The molecule has 0 unspecified atom stereocenters. The van der Waals surface area contributed by atoms with Crippen LogP contribution in [0, 0.1) is 18.8 Å². The van der Waals surface area contributed by atoms with Crippen molar-refractivity contribution in [2.75, 3.05) is 0 Å². The van der Waals surface area contributed by atoms with Crippen LogP contribution in [0.4, 0.5) is 0 Å². The highest BCUT2D eigenvalue weighted by Gasteiger charge is 2.12. The Morgan fingerprint density at radius 2 is 1.68 bits per heavy atom. The summed E-state index contributed by atoms with van der Waals surface area (Å²) in [6.07, 6.45) is 16.2. The van der Waals surface area contributed by atoms with E-state index in [-0.39, 0.29) is 0 Å². The van der Waals surface area contributed by atoms with Crippen molar-refractivity contribution in [3.8, 4) is 11.8 Å². The van der Waals surface area contributed by atoms with Gasteiger partial charge in [0, 0.05) is 21.4 Å². The van der Waals surface area contributed by atoms with Crippen LogP contribution in [-0.4, -0.2) is 12.6 Å². The van der Waals surface area contributed by atoms with Gasteiger partial charge in [-0.05, 0) is 19.3 Å². The molecule has 1 heterocycles. The summed E-state index contributed by atoms with van der Waals surface area (Å²) in [5, 5.41) is 0. The maximum Gasteiger partial charge on any atom is 0.254 e. The smallest absolute Gasteiger partial charge is 0.234 e. The third kappa shape index (κ3) is 10.5. The lowest BCUT2D eigenvalue weighted by Crippen LogP contribution is -2.35. The first-order valence-electron chi connectivity index (χ1n) is 10.4. The Kier molecular flexibility index (Phi) is 10.9. The second kappa shape index (κ2) is 12.4. The summed E-state index contributed by atoms with van der Waals surface area (Å²) >= 11 is 0. The Balaban J connectivity index is 2.20. The third-order valence-corrected chi connectivity index (χ3v) is 6.72. The number of hydrogen-bond acceptors (Lipinski definition) is 0. The van der Waals surface area contributed by atoms with Crippen LogP contribution in [0.5, 0.6) is 0 Å². The SMILES string of the molecule is CCCCCC#CCn1cc[n+](CCCCCCC[Si](C)(C)C)c1C. The van der Waals surface area contributed by atoms with Crippen molar-refractivity contribution in [1.82, 2.24) is 4.57 Å². The number of aromatic nitrogens is 2. The van der Waals surface area contributed by atoms with Gasteiger partial charge < -0.3 is 0 Å². The molecule has 1 aromatic rings. The van der Waals surface area contributed by atoms with Crippen LogP contribution in [0.2, 0.25) is 25.7 Å². The zero-order valence-electron chi connectivity index (χ0n) is 17.5. The Hall–Kier alpha value is -1.01. The maximum absolute atomic E-state index is 3.32. The summed E-state index contributed by atoms with van der Waals surface area (Å²) in [5.41, 5.74) is 0.